The molecule has 1 aliphatic carbocycles. The fraction of sp³-hybridized carbons (Fsp3) is 0.0625. The van der Waals surface area contributed by atoms with Gasteiger partial charge in [-0.25, -0.2) is 5.84 Å². The molecule has 5 heteroatoms. The predicted octanol–water partition coefficient (Wildman–Crippen LogP) is 1.56. The van der Waals surface area contributed by atoms with Crippen molar-refractivity contribution in [1.29, 1.82) is 0 Å². The number of fused-ring (bicyclic) bond motifs is 3. The SMILES string of the molecule is NC1=NN(N)NC(c2cccc3c2Cc2ccccc2-3)=C1. The van der Waals surface area contributed by atoms with Crippen LogP contribution in [-0.2, 0) is 6.42 Å². The summed E-state index contributed by atoms with van der Waals surface area (Å²) in [5.74, 6) is 6.08. The van der Waals surface area contributed by atoms with E-state index in [0.717, 1.165) is 22.9 Å². The van der Waals surface area contributed by atoms with Crippen molar-refractivity contribution in [1.82, 2.24) is 10.7 Å². The van der Waals surface area contributed by atoms with Gasteiger partial charge in [-0.3, -0.25) is 5.43 Å². The van der Waals surface area contributed by atoms with E-state index in [1.165, 1.54) is 22.3 Å². The Morgan fingerprint density at radius 2 is 1.76 bits per heavy atom. The fourth-order valence-corrected chi connectivity index (χ4v) is 3.03. The third kappa shape index (κ3) is 1.86. The Balaban J connectivity index is 1.86. The molecule has 21 heavy (non-hydrogen) atoms. The van der Waals surface area contributed by atoms with Gasteiger partial charge in [-0.05, 0) is 28.7 Å². The van der Waals surface area contributed by atoms with Crippen molar-refractivity contribution in [2.45, 2.75) is 6.42 Å². The van der Waals surface area contributed by atoms with Gasteiger partial charge in [-0.2, -0.15) is 0 Å². The van der Waals surface area contributed by atoms with Crippen LogP contribution in [0, 0.1) is 0 Å². The van der Waals surface area contributed by atoms with Crippen molar-refractivity contribution in [3.63, 3.8) is 0 Å². The summed E-state index contributed by atoms with van der Waals surface area (Å²) in [5.41, 5.74) is 16.0. The van der Waals surface area contributed by atoms with Crippen molar-refractivity contribution in [3.8, 4) is 11.1 Å². The molecule has 4 rings (SSSR count). The number of amidine groups is 1. The molecule has 2 aromatic carbocycles. The van der Waals surface area contributed by atoms with Gasteiger partial charge in [-0.15, -0.1) is 10.3 Å². The number of nitrogens with zero attached hydrogens (tertiary/aromatic N) is 2. The van der Waals surface area contributed by atoms with Crippen LogP contribution < -0.4 is 17.0 Å². The maximum atomic E-state index is 5.79. The molecule has 0 saturated carbocycles. The molecule has 0 amide bonds. The summed E-state index contributed by atoms with van der Waals surface area (Å²) in [5, 5.41) is 5.05. The fourth-order valence-electron chi connectivity index (χ4n) is 3.03. The molecule has 2 aromatic rings. The zero-order valence-electron chi connectivity index (χ0n) is 11.4. The van der Waals surface area contributed by atoms with Gasteiger partial charge in [0, 0.05) is 11.6 Å². The van der Waals surface area contributed by atoms with E-state index in [1.54, 1.807) is 0 Å². The zero-order valence-corrected chi connectivity index (χ0v) is 11.4. The Labute approximate surface area is 122 Å². The van der Waals surface area contributed by atoms with Crippen LogP contribution in [0.3, 0.4) is 0 Å². The maximum Gasteiger partial charge on any atom is 0.149 e. The van der Waals surface area contributed by atoms with Gasteiger partial charge < -0.3 is 5.73 Å². The van der Waals surface area contributed by atoms with Crippen LogP contribution in [0.1, 0.15) is 16.7 Å². The van der Waals surface area contributed by atoms with Gasteiger partial charge in [-0.1, -0.05) is 42.5 Å². The lowest BCUT2D eigenvalue weighted by atomic mass is 9.99. The van der Waals surface area contributed by atoms with Gasteiger partial charge in [0.05, 0.1) is 5.70 Å². The molecule has 0 atom stereocenters. The van der Waals surface area contributed by atoms with Gasteiger partial charge in [0.2, 0.25) is 0 Å². The van der Waals surface area contributed by atoms with E-state index < -0.39 is 0 Å². The highest BCUT2D eigenvalue weighted by molar-refractivity contribution is 5.99. The quantitative estimate of drug-likeness (QED) is 0.590. The lowest BCUT2D eigenvalue weighted by Gasteiger charge is -2.23. The van der Waals surface area contributed by atoms with Crippen LogP contribution in [0.15, 0.2) is 53.6 Å². The first-order chi connectivity index (χ1) is 10.2. The topological polar surface area (TPSA) is 79.7 Å². The molecule has 0 saturated heterocycles. The van der Waals surface area contributed by atoms with Crippen LogP contribution >= 0.6 is 0 Å². The van der Waals surface area contributed by atoms with E-state index in [0.29, 0.717) is 5.84 Å². The van der Waals surface area contributed by atoms with Crippen molar-refractivity contribution >= 4 is 11.5 Å². The maximum absolute atomic E-state index is 5.79. The minimum atomic E-state index is 0.388. The molecule has 5 N–H and O–H groups in total. The summed E-state index contributed by atoms with van der Waals surface area (Å²) >= 11 is 0. The second-order valence-electron chi connectivity index (χ2n) is 5.20. The number of hydrazone groups is 1. The standard InChI is InChI=1S/C16H15N5/c17-16-9-15(19-21(18)20-16)13-7-3-6-12-11-5-2-1-4-10(11)8-14(12)13/h1-7,9,19H,8,18H2,(H2,17,20). The number of hydrogen-bond donors (Lipinski definition) is 3. The van der Waals surface area contributed by atoms with Crippen molar-refractivity contribution in [2.75, 3.05) is 0 Å². The summed E-state index contributed by atoms with van der Waals surface area (Å²) in [7, 11) is 0. The summed E-state index contributed by atoms with van der Waals surface area (Å²) < 4.78 is 0. The Morgan fingerprint density at radius 1 is 1.00 bits per heavy atom. The van der Waals surface area contributed by atoms with Crippen LogP contribution in [0.2, 0.25) is 0 Å². The van der Waals surface area contributed by atoms with Crippen molar-refractivity contribution in [3.05, 3.63) is 65.2 Å². The van der Waals surface area contributed by atoms with Crippen LogP contribution in [0.25, 0.3) is 16.8 Å². The van der Waals surface area contributed by atoms with Crippen LogP contribution in [0.5, 0.6) is 0 Å². The molecule has 104 valence electrons. The minimum Gasteiger partial charge on any atom is -0.382 e. The van der Waals surface area contributed by atoms with Crippen LogP contribution in [-0.4, -0.2) is 11.1 Å². The molecule has 0 fully saturated rings. The smallest absolute Gasteiger partial charge is 0.149 e. The summed E-state index contributed by atoms with van der Waals surface area (Å²) in [6.45, 7) is 0. The molecular weight excluding hydrogens is 262 g/mol. The third-order valence-electron chi connectivity index (χ3n) is 3.89. The van der Waals surface area contributed by atoms with Crippen molar-refractivity contribution < 1.29 is 0 Å². The molecule has 1 aliphatic heterocycles. The molecular formula is C16H15N5. The molecule has 0 spiro atoms. The number of benzene rings is 2. The molecule has 0 bridgehead atoms. The number of hydrogen-bond acceptors (Lipinski definition) is 5. The Hall–Kier alpha value is -2.79. The van der Waals surface area contributed by atoms with Gasteiger partial charge in [0.25, 0.3) is 0 Å². The molecule has 0 unspecified atom stereocenters. The first kappa shape index (κ1) is 12.0. The highest BCUT2D eigenvalue weighted by Crippen LogP contribution is 2.39. The van der Waals surface area contributed by atoms with E-state index in [2.05, 4.69) is 53.0 Å². The van der Waals surface area contributed by atoms with Crippen molar-refractivity contribution in [2.24, 2.45) is 16.7 Å². The van der Waals surface area contributed by atoms with E-state index in [4.69, 9.17) is 11.6 Å². The lowest BCUT2D eigenvalue weighted by Crippen LogP contribution is -2.42. The monoisotopic (exact) mass is 277 g/mol. The average Bonchev–Trinajstić information content (AvgIpc) is 2.84. The summed E-state index contributed by atoms with van der Waals surface area (Å²) in [6.07, 6.45) is 2.73. The second-order valence-corrected chi connectivity index (χ2v) is 5.20. The first-order valence-corrected chi connectivity index (χ1v) is 6.80. The number of hydrazine groups is 2. The minimum absolute atomic E-state index is 0.388. The summed E-state index contributed by atoms with van der Waals surface area (Å²) in [6, 6.07) is 14.8. The normalized spacial score (nSPS) is 15.8. The molecule has 0 radical (unpaired) electrons. The molecule has 0 aromatic heterocycles. The summed E-state index contributed by atoms with van der Waals surface area (Å²) in [4.78, 5) is 0. The zero-order chi connectivity index (χ0) is 14.4. The van der Waals surface area contributed by atoms with E-state index >= 15 is 0 Å². The highest BCUT2D eigenvalue weighted by atomic mass is 15.8. The Bertz CT molecular complexity index is 791. The first-order valence-electron chi connectivity index (χ1n) is 6.80. The molecule has 2 aliphatic rings. The number of rotatable bonds is 1. The molecule has 1 heterocycles. The predicted molar refractivity (Wildman–Crippen MR) is 83.4 cm³/mol. The largest absolute Gasteiger partial charge is 0.382 e. The second kappa shape index (κ2) is 4.36. The Morgan fingerprint density at radius 3 is 2.62 bits per heavy atom. The number of nitrogens with two attached hydrogens (primary N) is 2. The van der Waals surface area contributed by atoms with E-state index in [9.17, 15) is 0 Å². The van der Waals surface area contributed by atoms with Gasteiger partial charge in [0.15, 0.2) is 0 Å². The number of nitrogens with one attached hydrogen (secondary N) is 1. The van der Waals surface area contributed by atoms with Crippen LogP contribution in [0.4, 0.5) is 0 Å². The molecule has 5 nitrogen and oxygen atoms in total. The van der Waals surface area contributed by atoms with Gasteiger partial charge >= 0.3 is 0 Å². The average molecular weight is 277 g/mol. The lowest BCUT2D eigenvalue weighted by molar-refractivity contribution is 0.245. The highest BCUT2D eigenvalue weighted by Gasteiger charge is 2.23. The third-order valence-corrected chi connectivity index (χ3v) is 3.89. The Kier molecular flexibility index (Phi) is 2.49. The van der Waals surface area contributed by atoms with E-state index in [-0.39, 0.29) is 0 Å². The van der Waals surface area contributed by atoms with E-state index in [1.807, 2.05) is 6.08 Å². The van der Waals surface area contributed by atoms with Gasteiger partial charge in [0.1, 0.15) is 5.84 Å².